The molecule has 29 heavy (non-hydrogen) atoms. The Morgan fingerprint density at radius 2 is 1.86 bits per heavy atom. The van der Waals surface area contributed by atoms with Crippen molar-refractivity contribution >= 4 is 29.2 Å². The van der Waals surface area contributed by atoms with Crippen LogP contribution in [0.5, 0.6) is 0 Å². The number of hydrogen-bond donors (Lipinski definition) is 4. The van der Waals surface area contributed by atoms with E-state index in [4.69, 9.17) is 0 Å². The fourth-order valence-electron chi connectivity index (χ4n) is 4.30. The van der Waals surface area contributed by atoms with E-state index in [0.29, 0.717) is 23.1 Å². The number of imidazole rings is 1. The number of amidine groups is 1. The molecule has 1 aromatic heterocycles. The van der Waals surface area contributed by atoms with Gasteiger partial charge in [-0.25, -0.2) is 9.78 Å². The molecule has 0 radical (unpaired) electrons. The van der Waals surface area contributed by atoms with E-state index in [0.717, 1.165) is 41.8 Å². The number of carboxylic acids is 2. The molecular weight excluding hydrogens is 372 g/mol. The van der Waals surface area contributed by atoms with Gasteiger partial charge in [0.25, 0.3) is 0 Å². The number of rotatable bonds is 6. The van der Waals surface area contributed by atoms with Crippen molar-refractivity contribution < 1.29 is 24.7 Å². The van der Waals surface area contributed by atoms with E-state index in [-0.39, 0.29) is 18.2 Å². The van der Waals surface area contributed by atoms with Gasteiger partial charge in [0.2, 0.25) is 5.84 Å². The van der Waals surface area contributed by atoms with Crippen molar-refractivity contribution in [1.82, 2.24) is 9.97 Å². The number of aliphatic imine (C=N–C) groups is 1. The van der Waals surface area contributed by atoms with Crippen LogP contribution in [0.2, 0.25) is 0 Å². The van der Waals surface area contributed by atoms with E-state index in [9.17, 15) is 19.8 Å². The standard InChI is InChI=1S/C21H22N4O4/c1-12-17(21(28)29)24-20(22-12)18-19(13-7-3-2-4-8-13)25(14-9-5-6-10-14)15(23-18)11-16(26)27/h2-4,7-8,14H,5-6,9-11H2,1H3,(H,22,24)(H,26,27)(H,28,29)/p+1. The number of carboxylic acid groups (broad SMARTS) is 2. The average Bonchev–Trinajstić information content (AvgIpc) is 3.40. The molecule has 0 saturated heterocycles. The SMILES string of the molecule is Cc1[nH]c(C2=C(c3ccccc3)[NH+](C3CCCC3)C(CC(=O)O)=N2)nc1C(=O)O. The Hall–Kier alpha value is -3.26. The Morgan fingerprint density at radius 1 is 1.17 bits per heavy atom. The van der Waals surface area contributed by atoms with Gasteiger partial charge in [-0.3, -0.25) is 9.69 Å². The summed E-state index contributed by atoms with van der Waals surface area (Å²) in [5.41, 5.74) is 2.70. The quantitative estimate of drug-likeness (QED) is 0.596. The van der Waals surface area contributed by atoms with Gasteiger partial charge >= 0.3 is 11.9 Å². The third kappa shape index (κ3) is 3.58. The molecule has 8 nitrogen and oxygen atoms in total. The fourth-order valence-corrected chi connectivity index (χ4v) is 4.30. The highest BCUT2D eigenvalue weighted by Crippen LogP contribution is 2.29. The molecule has 0 amide bonds. The van der Waals surface area contributed by atoms with E-state index < -0.39 is 11.9 Å². The van der Waals surface area contributed by atoms with Gasteiger partial charge in [-0.2, -0.15) is 4.99 Å². The van der Waals surface area contributed by atoms with Crippen LogP contribution in [0.1, 0.15) is 59.7 Å². The zero-order valence-corrected chi connectivity index (χ0v) is 16.1. The lowest BCUT2D eigenvalue weighted by molar-refractivity contribution is -0.754. The summed E-state index contributed by atoms with van der Waals surface area (Å²) < 4.78 is 0. The van der Waals surface area contributed by atoms with Crippen molar-refractivity contribution in [3.63, 3.8) is 0 Å². The Labute approximate surface area is 167 Å². The van der Waals surface area contributed by atoms with Crippen LogP contribution in [0, 0.1) is 6.92 Å². The summed E-state index contributed by atoms with van der Waals surface area (Å²) in [4.78, 5) is 36.0. The Bertz CT molecular complexity index is 1020. The predicted octanol–water partition coefficient (Wildman–Crippen LogP) is 1.96. The number of aliphatic carboxylic acids is 1. The van der Waals surface area contributed by atoms with E-state index in [1.54, 1.807) is 6.92 Å². The van der Waals surface area contributed by atoms with E-state index in [2.05, 4.69) is 15.0 Å². The van der Waals surface area contributed by atoms with Crippen molar-refractivity contribution in [2.24, 2.45) is 4.99 Å². The van der Waals surface area contributed by atoms with Crippen molar-refractivity contribution in [2.45, 2.75) is 45.1 Å². The molecule has 2 heterocycles. The highest BCUT2D eigenvalue weighted by atomic mass is 16.4. The van der Waals surface area contributed by atoms with Crippen molar-refractivity contribution in [3.05, 3.63) is 53.1 Å². The van der Waals surface area contributed by atoms with Crippen molar-refractivity contribution in [2.75, 3.05) is 0 Å². The van der Waals surface area contributed by atoms with Gasteiger partial charge in [0.05, 0.1) is 6.04 Å². The van der Waals surface area contributed by atoms with Gasteiger partial charge in [0.1, 0.15) is 6.42 Å². The minimum atomic E-state index is -1.11. The lowest BCUT2D eigenvalue weighted by atomic mass is 10.1. The number of aromatic nitrogens is 2. The predicted molar refractivity (Wildman–Crippen MR) is 106 cm³/mol. The summed E-state index contributed by atoms with van der Waals surface area (Å²) >= 11 is 0. The van der Waals surface area contributed by atoms with E-state index in [1.807, 2.05) is 30.3 Å². The molecule has 1 atom stereocenters. The monoisotopic (exact) mass is 395 g/mol. The number of aromatic carboxylic acids is 1. The van der Waals surface area contributed by atoms with Crippen LogP contribution >= 0.6 is 0 Å². The number of carbonyl (C=O) groups is 2. The first kappa shape index (κ1) is 19.1. The molecule has 1 saturated carbocycles. The van der Waals surface area contributed by atoms with Crippen LogP contribution in [-0.4, -0.2) is 44.0 Å². The topological polar surface area (TPSA) is 120 Å². The largest absolute Gasteiger partial charge is 0.481 e. The number of H-pyrrole nitrogens is 1. The summed E-state index contributed by atoms with van der Waals surface area (Å²) in [5, 5.41) is 18.8. The zero-order valence-electron chi connectivity index (χ0n) is 16.1. The minimum Gasteiger partial charge on any atom is -0.481 e. The molecule has 8 heteroatoms. The van der Waals surface area contributed by atoms with Crippen molar-refractivity contribution in [1.29, 1.82) is 0 Å². The van der Waals surface area contributed by atoms with Crippen LogP contribution < -0.4 is 4.90 Å². The van der Waals surface area contributed by atoms with Crippen LogP contribution in [0.3, 0.4) is 0 Å². The first-order valence-corrected chi connectivity index (χ1v) is 9.72. The summed E-state index contributed by atoms with van der Waals surface area (Å²) in [5.74, 6) is -1.15. The first-order valence-electron chi connectivity index (χ1n) is 9.72. The summed E-state index contributed by atoms with van der Waals surface area (Å²) in [6.07, 6.45) is 4.03. The van der Waals surface area contributed by atoms with Crippen LogP contribution in [0.15, 0.2) is 35.3 Å². The maximum atomic E-state index is 11.5. The number of nitrogens with zero attached hydrogens (tertiary/aromatic N) is 2. The molecule has 2 aromatic rings. The maximum absolute atomic E-state index is 11.5. The first-order chi connectivity index (χ1) is 14.0. The summed E-state index contributed by atoms with van der Waals surface area (Å²) in [7, 11) is 0. The number of aryl methyl sites for hydroxylation is 1. The lowest BCUT2D eigenvalue weighted by Gasteiger charge is -2.24. The number of hydrogen-bond acceptors (Lipinski definition) is 4. The smallest absolute Gasteiger partial charge is 0.356 e. The molecule has 150 valence electrons. The number of quaternary nitrogens is 1. The average molecular weight is 395 g/mol. The Kier molecular flexibility index (Phi) is 5.02. The highest BCUT2D eigenvalue weighted by molar-refractivity contribution is 6.04. The third-order valence-electron chi connectivity index (χ3n) is 5.52. The third-order valence-corrected chi connectivity index (χ3v) is 5.52. The molecule has 1 aliphatic heterocycles. The molecular formula is C21H23N4O4+. The normalized spacial score (nSPS) is 19.6. The van der Waals surface area contributed by atoms with Crippen LogP contribution in [0.25, 0.3) is 11.4 Å². The van der Waals surface area contributed by atoms with Gasteiger partial charge in [0.15, 0.2) is 22.9 Å². The second-order valence-electron chi connectivity index (χ2n) is 7.48. The molecule has 4 N–H and O–H groups in total. The van der Waals surface area contributed by atoms with E-state index >= 15 is 0 Å². The van der Waals surface area contributed by atoms with Crippen molar-refractivity contribution in [3.8, 4) is 0 Å². The number of nitrogens with one attached hydrogen (secondary N) is 2. The van der Waals surface area contributed by atoms with E-state index in [1.165, 1.54) is 0 Å². The molecule has 4 rings (SSSR count). The molecule has 0 spiro atoms. The zero-order chi connectivity index (χ0) is 20.5. The minimum absolute atomic E-state index is 0.0517. The number of benzene rings is 1. The lowest BCUT2D eigenvalue weighted by Crippen LogP contribution is -3.14. The molecule has 0 bridgehead atoms. The number of aromatic amines is 1. The second-order valence-corrected chi connectivity index (χ2v) is 7.48. The van der Waals surface area contributed by atoms with Gasteiger partial charge in [-0.15, -0.1) is 0 Å². The summed E-state index contributed by atoms with van der Waals surface area (Å²) in [6.45, 7) is 1.65. The van der Waals surface area contributed by atoms with Gasteiger partial charge in [0, 0.05) is 24.1 Å². The Morgan fingerprint density at radius 3 is 2.45 bits per heavy atom. The van der Waals surface area contributed by atoms with Gasteiger partial charge in [-0.05, 0) is 31.9 Å². The molecule has 1 fully saturated rings. The van der Waals surface area contributed by atoms with Crippen LogP contribution in [0.4, 0.5) is 0 Å². The maximum Gasteiger partial charge on any atom is 0.356 e. The summed E-state index contributed by atoms with van der Waals surface area (Å²) in [6, 6.07) is 9.96. The van der Waals surface area contributed by atoms with Crippen LogP contribution in [-0.2, 0) is 4.79 Å². The Balaban J connectivity index is 1.90. The molecule has 1 unspecified atom stereocenters. The highest BCUT2D eigenvalue weighted by Gasteiger charge is 2.42. The molecule has 1 aliphatic carbocycles. The molecule has 2 aliphatic rings. The van der Waals surface area contributed by atoms with Gasteiger partial charge in [-0.1, -0.05) is 18.2 Å². The second kappa shape index (κ2) is 7.63. The fraction of sp³-hybridized carbons (Fsp3) is 0.333. The van der Waals surface area contributed by atoms with Gasteiger partial charge < -0.3 is 15.2 Å². The molecule has 1 aromatic carbocycles.